The van der Waals surface area contributed by atoms with Crippen LogP contribution in [0.25, 0.3) is 0 Å². The highest BCUT2D eigenvalue weighted by Gasteiger charge is 2.35. The first-order valence-corrected chi connectivity index (χ1v) is 6.81. The molecular formula is C5H11FO4S2. The molecule has 0 bridgehead atoms. The summed E-state index contributed by atoms with van der Waals surface area (Å²) < 4.78 is 51.0. The topological polar surface area (TPSA) is 74.6 Å². The van der Waals surface area contributed by atoms with E-state index in [1.165, 1.54) is 0 Å². The maximum atomic E-state index is 12.1. The van der Waals surface area contributed by atoms with Crippen LogP contribution in [0.4, 0.5) is 3.89 Å². The van der Waals surface area contributed by atoms with E-state index in [1.807, 2.05) is 0 Å². The van der Waals surface area contributed by atoms with Crippen LogP contribution in [0.3, 0.4) is 0 Å². The first kappa shape index (κ1) is 10.2. The van der Waals surface area contributed by atoms with Crippen LogP contribution in [0.5, 0.6) is 0 Å². The molecule has 1 fully saturated rings. The predicted molar refractivity (Wildman–Crippen MR) is 45.6 cm³/mol. The lowest BCUT2D eigenvalue weighted by Crippen LogP contribution is -2.21. The average molecular weight is 218 g/mol. The maximum absolute atomic E-state index is 12.1. The Bertz CT molecular complexity index is 261. The van der Waals surface area contributed by atoms with E-state index in [0.29, 0.717) is 12.8 Å². The number of rotatable bonds is 2. The van der Waals surface area contributed by atoms with Gasteiger partial charge in [-0.1, -0.05) is 0 Å². The lowest BCUT2D eigenvalue weighted by Gasteiger charge is -2.32. The fraction of sp³-hybridized carbons (Fsp3) is 1.00. The van der Waals surface area contributed by atoms with Crippen LogP contribution in [0.2, 0.25) is 0 Å². The minimum absolute atomic E-state index is 0.202. The highest BCUT2D eigenvalue weighted by Crippen LogP contribution is 2.52. The van der Waals surface area contributed by atoms with Crippen LogP contribution in [0.1, 0.15) is 12.8 Å². The van der Waals surface area contributed by atoms with Crippen molar-refractivity contribution in [2.45, 2.75) is 18.1 Å². The van der Waals surface area contributed by atoms with Crippen molar-refractivity contribution in [2.75, 3.05) is 11.5 Å². The summed E-state index contributed by atoms with van der Waals surface area (Å²) >= 11 is 0. The van der Waals surface area contributed by atoms with E-state index in [9.17, 15) is 21.4 Å². The zero-order chi connectivity index (χ0) is 9.41. The second-order valence-corrected chi connectivity index (χ2v) is 6.81. The summed E-state index contributed by atoms with van der Waals surface area (Å²) in [7, 11) is -7.42. The van der Waals surface area contributed by atoms with E-state index in [4.69, 9.17) is 0 Å². The molecular weight excluding hydrogens is 207 g/mol. The zero-order valence-corrected chi connectivity index (χ0v) is 7.94. The Labute approximate surface area is 72.3 Å². The van der Waals surface area contributed by atoms with E-state index in [-0.39, 0.29) is 5.75 Å². The van der Waals surface area contributed by atoms with Crippen molar-refractivity contribution in [3.8, 4) is 0 Å². The van der Waals surface area contributed by atoms with Gasteiger partial charge in [0.25, 0.3) is 0 Å². The molecule has 0 radical (unpaired) electrons. The quantitative estimate of drug-likeness (QED) is 0.683. The minimum Gasteiger partial charge on any atom is -0.299 e. The molecule has 4 nitrogen and oxygen atoms in total. The van der Waals surface area contributed by atoms with Crippen molar-refractivity contribution in [2.24, 2.45) is 0 Å². The molecule has 1 unspecified atom stereocenters. The lowest BCUT2D eigenvalue weighted by molar-refractivity contribution is 0.481. The van der Waals surface area contributed by atoms with E-state index >= 15 is 0 Å². The highest BCUT2D eigenvalue weighted by molar-refractivity contribution is 8.25. The van der Waals surface area contributed by atoms with Gasteiger partial charge in [0.15, 0.2) is 0 Å². The fourth-order valence-corrected chi connectivity index (χ4v) is 4.73. The average Bonchev–Trinajstić information content (AvgIpc) is 2.07. The summed E-state index contributed by atoms with van der Waals surface area (Å²) in [4.78, 5) is 0. The maximum Gasteiger partial charge on any atom is 0.304 e. The molecule has 74 valence electrons. The molecule has 1 saturated heterocycles. The molecule has 12 heavy (non-hydrogen) atoms. The minimum atomic E-state index is -4.58. The lowest BCUT2D eigenvalue weighted by atomic mass is 10.3. The van der Waals surface area contributed by atoms with Crippen molar-refractivity contribution in [3.63, 3.8) is 0 Å². The smallest absolute Gasteiger partial charge is 0.299 e. The van der Waals surface area contributed by atoms with Gasteiger partial charge in [-0.3, -0.25) is 9.11 Å². The van der Waals surface area contributed by atoms with Gasteiger partial charge in [-0.25, -0.2) is 0 Å². The molecule has 0 aromatic rings. The molecule has 1 aliphatic rings. The second kappa shape index (κ2) is 3.13. The first-order chi connectivity index (χ1) is 5.31. The van der Waals surface area contributed by atoms with Gasteiger partial charge in [0, 0.05) is 5.75 Å². The van der Waals surface area contributed by atoms with E-state index in [0.717, 1.165) is 0 Å². The van der Waals surface area contributed by atoms with Crippen molar-refractivity contribution >= 4 is 20.8 Å². The Balaban J connectivity index is 2.65. The van der Waals surface area contributed by atoms with E-state index in [2.05, 4.69) is 0 Å². The normalized spacial score (nSPS) is 31.8. The number of hydrogen-bond acceptors (Lipinski definition) is 4. The van der Waals surface area contributed by atoms with Crippen LogP contribution in [0.15, 0.2) is 0 Å². The van der Waals surface area contributed by atoms with Crippen LogP contribution in [-0.2, 0) is 10.2 Å². The van der Waals surface area contributed by atoms with Crippen molar-refractivity contribution < 1.29 is 21.4 Å². The molecule has 0 amide bonds. The third kappa shape index (κ3) is 2.58. The van der Waals surface area contributed by atoms with Crippen molar-refractivity contribution in [1.29, 1.82) is 0 Å². The van der Waals surface area contributed by atoms with Crippen molar-refractivity contribution in [3.05, 3.63) is 0 Å². The van der Waals surface area contributed by atoms with Gasteiger partial charge < -0.3 is 0 Å². The Morgan fingerprint density at radius 1 is 1.50 bits per heavy atom. The Hall–Kier alpha value is 0.150. The van der Waals surface area contributed by atoms with Gasteiger partial charge in [-0.2, -0.15) is 19.0 Å². The second-order valence-electron chi connectivity index (χ2n) is 2.89. The van der Waals surface area contributed by atoms with Crippen LogP contribution in [0, 0.1) is 0 Å². The summed E-state index contributed by atoms with van der Waals surface area (Å²) in [5.74, 6) is -0.553. The molecule has 1 atom stereocenters. The molecule has 0 aliphatic carbocycles. The molecule has 0 aromatic carbocycles. The SMILES string of the molecule is O=S(=O)(F)CC1CCCS1(O)O. The van der Waals surface area contributed by atoms with Gasteiger partial charge >= 0.3 is 10.2 Å². The molecule has 0 spiro atoms. The molecule has 0 saturated carbocycles. The zero-order valence-electron chi connectivity index (χ0n) is 6.31. The molecule has 0 aromatic heterocycles. The number of hydrogen-bond donors (Lipinski definition) is 2. The molecule has 1 aliphatic heterocycles. The molecule has 1 heterocycles. The van der Waals surface area contributed by atoms with Gasteiger partial charge in [0.2, 0.25) is 0 Å². The standard InChI is InChI=1S/C5H11FO4S2/c6-12(9,10)4-5-2-1-3-11(5,7)8/h5,7-8H,1-4H2. The molecule has 2 N–H and O–H groups in total. The Kier molecular flexibility index (Phi) is 2.67. The molecule has 7 heteroatoms. The van der Waals surface area contributed by atoms with Crippen LogP contribution >= 0.6 is 10.6 Å². The van der Waals surface area contributed by atoms with Gasteiger partial charge in [0.05, 0.1) is 11.0 Å². The largest absolute Gasteiger partial charge is 0.304 e. The summed E-state index contributed by atoms with van der Waals surface area (Å²) in [6.07, 6.45) is 0.938. The van der Waals surface area contributed by atoms with E-state index < -0.39 is 31.8 Å². The van der Waals surface area contributed by atoms with Gasteiger partial charge in [-0.15, -0.1) is 3.89 Å². The van der Waals surface area contributed by atoms with Gasteiger partial charge in [0.1, 0.15) is 0 Å². The van der Waals surface area contributed by atoms with Crippen molar-refractivity contribution in [1.82, 2.24) is 0 Å². The number of halogens is 1. The van der Waals surface area contributed by atoms with Crippen LogP contribution in [-0.4, -0.2) is 34.3 Å². The monoisotopic (exact) mass is 218 g/mol. The predicted octanol–water partition coefficient (Wildman–Crippen LogP) is 1.20. The fourth-order valence-electron chi connectivity index (χ4n) is 1.29. The van der Waals surface area contributed by atoms with Gasteiger partial charge in [-0.05, 0) is 12.8 Å². The summed E-state index contributed by atoms with van der Waals surface area (Å²) in [6, 6.07) is 0. The third-order valence-electron chi connectivity index (χ3n) is 1.89. The third-order valence-corrected chi connectivity index (χ3v) is 5.26. The summed E-state index contributed by atoms with van der Waals surface area (Å²) in [6.45, 7) is 0. The summed E-state index contributed by atoms with van der Waals surface area (Å²) in [5, 5.41) is -0.799. The van der Waals surface area contributed by atoms with Crippen LogP contribution < -0.4 is 0 Å². The molecule has 1 rings (SSSR count). The Morgan fingerprint density at radius 3 is 2.42 bits per heavy atom. The first-order valence-electron chi connectivity index (χ1n) is 3.48. The summed E-state index contributed by atoms with van der Waals surface area (Å²) in [5.41, 5.74) is 0. The van der Waals surface area contributed by atoms with E-state index in [1.54, 1.807) is 0 Å². The highest BCUT2D eigenvalue weighted by atomic mass is 32.3. The Morgan fingerprint density at radius 2 is 2.08 bits per heavy atom.